The molecule has 2 aliphatic heterocycles. The Balaban J connectivity index is 1.56. The van der Waals surface area contributed by atoms with Crippen molar-refractivity contribution in [2.45, 2.75) is 52.6 Å². The Hall–Kier alpha value is -1.95. The Morgan fingerprint density at radius 3 is 2.39 bits per heavy atom. The largest absolute Gasteiger partial charge is 0.450 e. The first kappa shape index (κ1) is 20.8. The van der Waals surface area contributed by atoms with Crippen LogP contribution in [0.25, 0.3) is 0 Å². The number of piperazine rings is 1. The second kappa shape index (κ2) is 9.50. The Kier molecular flexibility index (Phi) is 7.05. The van der Waals surface area contributed by atoms with E-state index in [1.54, 1.807) is 0 Å². The van der Waals surface area contributed by atoms with E-state index in [9.17, 15) is 4.79 Å². The maximum atomic E-state index is 11.9. The van der Waals surface area contributed by atoms with Gasteiger partial charge < -0.3 is 19.9 Å². The van der Waals surface area contributed by atoms with Gasteiger partial charge in [-0.3, -0.25) is 4.90 Å². The van der Waals surface area contributed by atoms with Crippen LogP contribution in [-0.4, -0.2) is 73.9 Å². The summed E-state index contributed by atoms with van der Waals surface area (Å²) in [5, 5.41) is 3.70. The summed E-state index contributed by atoms with van der Waals surface area (Å²) in [7, 11) is 0. The number of benzene rings is 1. The minimum atomic E-state index is -0.181. The average Bonchev–Trinajstić information content (AvgIpc) is 2.68. The van der Waals surface area contributed by atoms with E-state index in [2.05, 4.69) is 54.1 Å². The fourth-order valence-electron chi connectivity index (χ4n) is 4.18. The van der Waals surface area contributed by atoms with E-state index in [0.29, 0.717) is 18.7 Å². The molecule has 0 aliphatic carbocycles. The van der Waals surface area contributed by atoms with Gasteiger partial charge in [0.1, 0.15) is 0 Å². The van der Waals surface area contributed by atoms with Crippen molar-refractivity contribution in [3.63, 3.8) is 0 Å². The van der Waals surface area contributed by atoms with Gasteiger partial charge in [-0.25, -0.2) is 4.79 Å². The number of piperidine rings is 1. The van der Waals surface area contributed by atoms with Gasteiger partial charge in [0, 0.05) is 62.7 Å². The summed E-state index contributed by atoms with van der Waals surface area (Å²) in [4.78, 5) is 18.7. The molecule has 0 spiro atoms. The van der Waals surface area contributed by atoms with Crippen LogP contribution < -0.4 is 10.2 Å². The molecule has 28 heavy (non-hydrogen) atoms. The predicted octanol–water partition coefficient (Wildman–Crippen LogP) is 3.56. The summed E-state index contributed by atoms with van der Waals surface area (Å²) in [6.45, 7) is 14.9. The zero-order valence-electron chi connectivity index (χ0n) is 17.9. The number of hydrogen-bond acceptors (Lipinski definition) is 5. The molecule has 6 heteroatoms. The molecule has 2 heterocycles. The van der Waals surface area contributed by atoms with Crippen molar-refractivity contribution >= 4 is 17.5 Å². The molecule has 156 valence electrons. The quantitative estimate of drug-likeness (QED) is 0.836. The van der Waals surface area contributed by atoms with Gasteiger partial charge in [0.25, 0.3) is 0 Å². The van der Waals surface area contributed by atoms with Crippen LogP contribution in [0.5, 0.6) is 0 Å². The van der Waals surface area contributed by atoms with Gasteiger partial charge >= 0.3 is 6.09 Å². The molecule has 0 aromatic heterocycles. The highest BCUT2D eigenvalue weighted by Crippen LogP contribution is 2.26. The average molecular weight is 389 g/mol. The molecule has 1 aromatic carbocycles. The molecule has 1 amide bonds. The summed E-state index contributed by atoms with van der Waals surface area (Å²) < 4.78 is 5.11. The highest BCUT2D eigenvalue weighted by atomic mass is 16.6. The summed E-state index contributed by atoms with van der Waals surface area (Å²) in [5.74, 6) is 0. The van der Waals surface area contributed by atoms with Crippen LogP contribution >= 0.6 is 0 Å². The van der Waals surface area contributed by atoms with Gasteiger partial charge in [0.15, 0.2) is 0 Å². The molecule has 0 atom stereocenters. The number of hydrogen-bond donors (Lipinski definition) is 1. The van der Waals surface area contributed by atoms with Crippen LogP contribution in [0, 0.1) is 6.92 Å². The predicted molar refractivity (Wildman–Crippen MR) is 115 cm³/mol. The second-order valence-electron chi connectivity index (χ2n) is 8.28. The number of aryl methyl sites for hydroxylation is 1. The second-order valence-corrected chi connectivity index (χ2v) is 8.28. The van der Waals surface area contributed by atoms with E-state index in [4.69, 9.17) is 4.74 Å². The summed E-state index contributed by atoms with van der Waals surface area (Å²) in [6, 6.07) is 7.83. The third-order valence-electron chi connectivity index (χ3n) is 5.86. The Labute approximate surface area is 169 Å². The lowest BCUT2D eigenvalue weighted by molar-refractivity contribution is 0.0983. The minimum absolute atomic E-state index is 0.181. The number of carbonyl (C=O) groups is 1. The molecular weight excluding hydrogens is 352 g/mol. The first-order valence-corrected chi connectivity index (χ1v) is 10.7. The Morgan fingerprint density at radius 2 is 1.79 bits per heavy atom. The maximum absolute atomic E-state index is 11.9. The van der Waals surface area contributed by atoms with E-state index in [-0.39, 0.29) is 6.09 Å². The fourth-order valence-corrected chi connectivity index (χ4v) is 4.18. The molecule has 1 N–H and O–H groups in total. The number of likely N-dealkylation sites (tertiary alicyclic amines) is 1. The zero-order chi connectivity index (χ0) is 20.1. The number of nitrogens with one attached hydrogen (secondary N) is 1. The molecule has 1 aromatic rings. The molecule has 2 fully saturated rings. The monoisotopic (exact) mass is 388 g/mol. The van der Waals surface area contributed by atoms with Crippen LogP contribution in [0.2, 0.25) is 0 Å². The maximum Gasteiger partial charge on any atom is 0.409 e. The van der Waals surface area contributed by atoms with Crippen LogP contribution in [0.3, 0.4) is 0 Å². The van der Waals surface area contributed by atoms with Crippen LogP contribution in [-0.2, 0) is 4.74 Å². The lowest BCUT2D eigenvalue weighted by atomic mass is 10.0. The minimum Gasteiger partial charge on any atom is -0.450 e. The molecule has 3 rings (SSSR count). The van der Waals surface area contributed by atoms with Crippen LogP contribution in [0.15, 0.2) is 18.2 Å². The van der Waals surface area contributed by atoms with Crippen molar-refractivity contribution in [1.29, 1.82) is 0 Å². The topological polar surface area (TPSA) is 48.1 Å². The Morgan fingerprint density at radius 1 is 1.11 bits per heavy atom. The molecule has 2 saturated heterocycles. The molecular formula is C22H36N4O2. The lowest BCUT2D eigenvalue weighted by Gasteiger charge is -2.38. The third kappa shape index (κ3) is 5.31. The molecule has 0 radical (unpaired) electrons. The van der Waals surface area contributed by atoms with Crippen LogP contribution in [0.1, 0.15) is 39.2 Å². The summed E-state index contributed by atoms with van der Waals surface area (Å²) in [5.41, 5.74) is 3.79. The first-order chi connectivity index (χ1) is 13.5. The number of carbonyl (C=O) groups excluding carboxylic acids is 1. The van der Waals surface area contributed by atoms with E-state index >= 15 is 0 Å². The molecule has 6 nitrogen and oxygen atoms in total. The first-order valence-electron chi connectivity index (χ1n) is 10.7. The van der Waals surface area contributed by atoms with E-state index in [1.165, 1.54) is 16.9 Å². The van der Waals surface area contributed by atoms with E-state index in [1.807, 2.05) is 11.8 Å². The fraction of sp³-hybridized carbons (Fsp3) is 0.682. The smallest absolute Gasteiger partial charge is 0.409 e. The number of rotatable bonds is 5. The normalized spacial score (nSPS) is 19.2. The van der Waals surface area contributed by atoms with Gasteiger partial charge in [-0.1, -0.05) is 0 Å². The zero-order valence-corrected chi connectivity index (χ0v) is 17.9. The number of nitrogens with zero attached hydrogens (tertiary/aromatic N) is 3. The van der Waals surface area contributed by atoms with E-state index in [0.717, 1.165) is 52.1 Å². The number of ether oxygens (including phenoxy) is 1. The number of anilines is 2. The van der Waals surface area contributed by atoms with Gasteiger partial charge in [0.2, 0.25) is 0 Å². The summed E-state index contributed by atoms with van der Waals surface area (Å²) in [6.07, 6.45) is 1.73. The van der Waals surface area contributed by atoms with Crippen molar-refractivity contribution in [2.24, 2.45) is 0 Å². The molecule has 0 bridgehead atoms. The summed E-state index contributed by atoms with van der Waals surface area (Å²) >= 11 is 0. The number of amides is 1. The van der Waals surface area contributed by atoms with Crippen molar-refractivity contribution in [2.75, 3.05) is 56.1 Å². The van der Waals surface area contributed by atoms with Gasteiger partial charge in [-0.15, -0.1) is 0 Å². The third-order valence-corrected chi connectivity index (χ3v) is 5.86. The van der Waals surface area contributed by atoms with Crippen molar-refractivity contribution in [1.82, 2.24) is 9.80 Å². The van der Waals surface area contributed by atoms with Gasteiger partial charge in [-0.2, -0.15) is 0 Å². The molecule has 0 saturated carbocycles. The standard InChI is InChI=1S/C22H36N4O2/c1-5-28-22(27)26-8-6-19(7-9-26)23-20-14-18(4)15-21(16-20)25-12-10-24(11-13-25)17(2)3/h14-17,19,23H,5-13H2,1-4H3. The highest BCUT2D eigenvalue weighted by molar-refractivity contribution is 5.67. The van der Waals surface area contributed by atoms with Crippen LogP contribution in [0.4, 0.5) is 16.2 Å². The SMILES string of the molecule is CCOC(=O)N1CCC(Nc2cc(C)cc(N3CCN(C(C)C)CC3)c2)CC1. The highest BCUT2D eigenvalue weighted by Gasteiger charge is 2.24. The van der Waals surface area contributed by atoms with Gasteiger partial charge in [0.05, 0.1) is 6.61 Å². The van der Waals surface area contributed by atoms with Gasteiger partial charge in [-0.05, 0) is 64.3 Å². The van der Waals surface area contributed by atoms with Crippen molar-refractivity contribution < 1.29 is 9.53 Å². The van der Waals surface area contributed by atoms with Crippen molar-refractivity contribution in [3.05, 3.63) is 23.8 Å². The Bertz CT molecular complexity index is 648. The van der Waals surface area contributed by atoms with E-state index < -0.39 is 0 Å². The molecule has 2 aliphatic rings. The van der Waals surface area contributed by atoms with Crippen molar-refractivity contribution in [3.8, 4) is 0 Å². The lowest BCUT2D eigenvalue weighted by Crippen LogP contribution is -2.48. The molecule has 0 unspecified atom stereocenters.